The summed E-state index contributed by atoms with van der Waals surface area (Å²) in [6.45, 7) is 0. The quantitative estimate of drug-likeness (QED) is 0.501. The molecule has 2 unspecified atom stereocenters. The van der Waals surface area contributed by atoms with Crippen molar-refractivity contribution < 1.29 is 0 Å². The van der Waals surface area contributed by atoms with Gasteiger partial charge in [-0.25, -0.2) is 0 Å². The normalized spacial score (nSPS) is 41.1. The molecular formula is C4H4Cl4Se2. The predicted octanol–water partition coefficient (Wildman–Crippen LogP) is 2.09. The molecule has 1 heterocycles. The van der Waals surface area contributed by atoms with Crippen molar-refractivity contribution in [2.45, 2.75) is 17.1 Å². The Morgan fingerprint density at radius 3 is 1.60 bits per heavy atom. The fourth-order valence-corrected chi connectivity index (χ4v) is 11.9. The first kappa shape index (κ1) is 10.3. The third kappa shape index (κ3) is 2.61. The van der Waals surface area contributed by atoms with E-state index in [1.54, 1.807) is 0 Å². The minimum absolute atomic E-state index is 0.138. The van der Waals surface area contributed by atoms with Crippen LogP contribution in [0.1, 0.15) is 0 Å². The molecule has 2 atom stereocenters. The van der Waals surface area contributed by atoms with Crippen LogP contribution in [0.25, 0.3) is 0 Å². The van der Waals surface area contributed by atoms with Crippen molar-refractivity contribution in [2.75, 3.05) is 0 Å². The Kier molecular flexibility index (Phi) is 4.56. The van der Waals surface area contributed by atoms with Gasteiger partial charge in [0.1, 0.15) is 0 Å². The summed E-state index contributed by atoms with van der Waals surface area (Å²) in [7, 11) is 0. The first-order valence-corrected chi connectivity index (χ1v) is 8.18. The Morgan fingerprint density at radius 1 is 1.00 bits per heavy atom. The van der Waals surface area contributed by atoms with Gasteiger partial charge in [-0.1, -0.05) is 0 Å². The Labute approximate surface area is 92.6 Å². The summed E-state index contributed by atoms with van der Waals surface area (Å²) in [5, 5.41) is 0. The van der Waals surface area contributed by atoms with Gasteiger partial charge >= 0.3 is 93.4 Å². The van der Waals surface area contributed by atoms with Gasteiger partial charge in [0, 0.05) is 0 Å². The number of alkyl halides is 4. The van der Waals surface area contributed by atoms with E-state index in [4.69, 9.17) is 46.4 Å². The Balaban J connectivity index is 2.41. The Bertz CT molecular complexity index is 110. The van der Waals surface area contributed by atoms with Gasteiger partial charge in [-0.3, -0.25) is 0 Å². The van der Waals surface area contributed by atoms with Crippen LogP contribution in [0.2, 0.25) is 3.71 Å². The van der Waals surface area contributed by atoms with E-state index in [-0.39, 0.29) is 13.4 Å². The van der Waals surface area contributed by atoms with Gasteiger partial charge in [0.05, 0.1) is 0 Å². The van der Waals surface area contributed by atoms with Crippen molar-refractivity contribution in [1.82, 2.24) is 0 Å². The number of halogens is 4. The molecule has 0 nitrogen and oxygen atoms in total. The molecular weight excluding hydrogens is 348 g/mol. The van der Waals surface area contributed by atoms with Gasteiger partial charge in [-0.05, 0) is 0 Å². The Morgan fingerprint density at radius 2 is 1.40 bits per heavy atom. The zero-order valence-electron chi connectivity index (χ0n) is 4.64. The van der Waals surface area contributed by atoms with E-state index in [0.29, 0.717) is 33.6 Å². The van der Waals surface area contributed by atoms with Crippen LogP contribution in [0.3, 0.4) is 0 Å². The summed E-state index contributed by atoms with van der Waals surface area (Å²) in [6, 6.07) is 0. The van der Waals surface area contributed by atoms with Gasteiger partial charge in [-0.2, -0.15) is 0 Å². The molecule has 0 aliphatic carbocycles. The number of hydrogen-bond donors (Lipinski definition) is 0. The molecule has 1 saturated heterocycles. The zero-order valence-corrected chi connectivity index (χ0v) is 11.1. The standard InChI is InChI=1S/C4H4Cl4Se2/c5-1(6)4-9-2(7)3(8)10-4/h1-4H. The summed E-state index contributed by atoms with van der Waals surface area (Å²) >= 11 is 23.9. The third-order valence-corrected chi connectivity index (χ3v) is 13.0. The molecule has 6 heteroatoms. The van der Waals surface area contributed by atoms with Gasteiger partial charge in [-0.15, -0.1) is 0 Å². The predicted molar refractivity (Wildman–Crippen MR) is 50.0 cm³/mol. The van der Waals surface area contributed by atoms with Crippen LogP contribution in [0.15, 0.2) is 0 Å². The van der Waals surface area contributed by atoms with Crippen LogP contribution in [0.4, 0.5) is 0 Å². The maximum atomic E-state index is 5.90. The molecule has 0 radical (unpaired) electrons. The molecule has 0 aromatic carbocycles. The molecule has 10 heavy (non-hydrogen) atoms. The van der Waals surface area contributed by atoms with Crippen molar-refractivity contribution in [1.29, 1.82) is 0 Å². The van der Waals surface area contributed by atoms with Crippen LogP contribution in [-0.4, -0.2) is 43.3 Å². The topological polar surface area (TPSA) is 0 Å². The summed E-state index contributed by atoms with van der Waals surface area (Å²) in [6.07, 6.45) is 0. The fraction of sp³-hybridized carbons (Fsp3) is 1.00. The van der Waals surface area contributed by atoms with Crippen LogP contribution < -0.4 is 0 Å². The summed E-state index contributed by atoms with van der Waals surface area (Å²) in [5.41, 5.74) is 0. The van der Waals surface area contributed by atoms with Crippen molar-refractivity contribution in [3.05, 3.63) is 0 Å². The zero-order chi connectivity index (χ0) is 7.72. The van der Waals surface area contributed by atoms with Crippen molar-refractivity contribution in [2.24, 2.45) is 0 Å². The van der Waals surface area contributed by atoms with Crippen LogP contribution in [-0.2, 0) is 0 Å². The van der Waals surface area contributed by atoms with Gasteiger partial charge in [0.25, 0.3) is 0 Å². The molecule has 1 fully saturated rings. The SMILES string of the molecule is ClC(Cl)C1[Se]C(Cl)C(Cl)[Se]1. The van der Waals surface area contributed by atoms with E-state index in [2.05, 4.69) is 0 Å². The second kappa shape index (κ2) is 4.44. The van der Waals surface area contributed by atoms with Crippen molar-refractivity contribution in [3.63, 3.8) is 0 Å². The molecule has 1 aliphatic heterocycles. The summed E-state index contributed by atoms with van der Waals surface area (Å²) in [4.78, 5) is -0.259. The van der Waals surface area contributed by atoms with E-state index in [1.807, 2.05) is 0 Å². The Hall–Kier alpha value is 2.20. The van der Waals surface area contributed by atoms with E-state index >= 15 is 0 Å². The summed E-state index contributed by atoms with van der Waals surface area (Å²) in [5.74, 6) is 0. The molecule has 0 aromatic heterocycles. The molecule has 0 saturated carbocycles. The monoisotopic (exact) mass is 352 g/mol. The van der Waals surface area contributed by atoms with Crippen molar-refractivity contribution in [3.8, 4) is 0 Å². The first-order valence-electron chi connectivity index (χ1n) is 2.48. The van der Waals surface area contributed by atoms with Crippen LogP contribution in [0, 0.1) is 0 Å². The van der Waals surface area contributed by atoms with Gasteiger partial charge in [0.2, 0.25) is 0 Å². The second-order valence-electron chi connectivity index (χ2n) is 1.68. The molecule has 0 N–H and O–H groups in total. The fourth-order valence-electron chi connectivity index (χ4n) is 0.531. The average Bonchev–Trinajstić information content (AvgIpc) is 2.13. The number of hydrogen-bond acceptors (Lipinski definition) is 0. The summed E-state index contributed by atoms with van der Waals surface area (Å²) < 4.78 is 0.687. The van der Waals surface area contributed by atoms with E-state index < -0.39 is 0 Å². The molecule has 0 bridgehead atoms. The average molecular weight is 352 g/mol. The molecule has 60 valence electrons. The van der Waals surface area contributed by atoms with E-state index in [9.17, 15) is 0 Å². The van der Waals surface area contributed by atoms with Crippen molar-refractivity contribution >= 4 is 76.3 Å². The molecule has 0 spiro atoms. The number of rotatable bonds is 1. The van der Waals surface area contributed by atoms with E-state index in [0.717, 1.165) is 0 Å². The van der Waals surface area contributed by atoms with Gasteiger partial charge in [0.15, 0.2) is 0 Å². The second-order valence-corrected chi connectivity index (χ2v) is 11.9. The first-order chi connectivity index (χ1) is 4.61. The minimum atomic E-state index is -0.259. The molecule has 0 amide bonds. The molecule has 0 aromatic rings. The third-order valence-electron chi connectivity index (χ3n) is 0.940. The molecule has 1 rings (SSSR count). The van der Waals surface area contributed by atoms with Crippen LogP contribution in [0.5, 0.6) is 0 Å². The van der Waals surface area contributed by atoms with E-state index in [1.165, 1.54) is 0 Å². The van der Waals surface area contributed by atoms with Gasteiger partial charge < -0.3 is 0 Å². The molecule has 1 aliphatic rings. The van der Waals surface area contributed by atoms with Crippen LogP contribution >= 0.6 is 46.4 Å². The maximum absolute atomic E-state index is 5.90.